The monoisotopic (exact) mass is 396 g/mol. The Bertz CT molecular complexity index is 908. The molecule has 7 heteroatoms. The molecule has 7 nitrogen and oxygen atoms in total. The summed E-state index contributed by atoms with van der Waals surface area (Å²) in [5.74, 6) is -0.318. The van der Waals surface area contributed by atoms with Crippen molar-refractivity contribution in [1.82, 2.24) is 4.90 Å². The molecule has 0 bridgehead atoms. The van der Waals surface area contributed by atoms with Crippen molar-refractivity contribution in [1.29, 1.82) is 0 Å². The highest BCUT2D eigenvalue weighted by Gasteiger charge is 2.35. The predicted molar refractivity (Wildman–Crippen MR) is 108 cm³/mol. The molecule has 2 aromatic rings. The largest absolute Gasteiger partial charge is 0.491 e. The van der Waals surface area contributed by atoms with Crippen molar-refractivity contribution in [2.24, 2.45) is 0 Å². The molecule has 152 valence electrons. The second-order valence-corrected chi connectivity index (χ2v) is 6.70. The number of unbranched alkanes of at least 4 members (excludes halogenated alkanes) is 1. The fraction of sp³-hybridized carbons (Fsp3) is 0.318. The minimum atomic E-state index is -0.354. The molecule has 1 N–H and O–H groups in total. The molecule has 0 unspecified atom stereocenters. The van der Waals surface area contributed by atoms with Crippen LogP contribution in [0.1, 0.15) is 50.8 Å². The number of carbonyl (C=O) groups excluding carboxylic acids is 3. The van der Waals surface area contributed by atoms with Crippen LogP contribution in [0.5, 0.6) is 5.75 Å². The van der Waals surface area contributed by atoms with E-state index in [0.29, 0.717) is 42.3 Å². The maximum absolute atomic E-state index is 12.6. The van der Waals surface area contributed by atoms with Crippen molar-refractivity contribution >= 4 is 23.4 Å². The summed E-state index contributed by atoms with van der Waals surface area (Å²) >= 11 is 0. The molecule has 0 aromatic heterocycles. The van der Waals surface area contributed by atoms with Crippen LogP contribution in [0.3, 0.4) is 0 Å². The molecule has 2 aromatic carbocycles. The van der Waals surface area contributed by atoms with Gasteiger partial charge in [0.2, 0.25) is 0 Å². The fourth-order valence-corrected chi connectivity index (χ4v) is 3.03. The van der Waals surface area contributed by atoms with Crippen molar-refractivity contribution in [3.05, 3.63) is 59.2 Å². The summed E-state index contributed by atoms with van der Waals surface area (Å²) in [6.07, 6.45) is 1.64. The van der Waals surface area contributed by atoms with Crippen molar-refractivity contribution < 1.29 is 23.9 Å². The van der Waals surface area contributed by atoms with E-state index < -0.39 is 0 Å². The van der Waals surface area contributed by atoms with Gasteiger partial charge in [-0.2, -0.15) is 0 Å². The van der Waals surface area contributed by atoms with Gasteiger partial charge in [0.1, 0.15) is 12.4 Å². The second-order valence-electron chi connectivity index (χ2n) is 6.70. The van der Waals surface area contributed by atoms with Crippen molar-refractivity contribution in [3.8, 4) is 5.75 Å². The number of anilines is 1. The van der Waals surface area contributed by atoms with Gasteiger partial charge in [0.05, 0.1) is 17.7 Å². The first-order chi connectivity index (χ1) is 14.0. The van der Waals surface area contributed by atoms with Crippen LogP contribution in [0.25, 0.3) is 0 Å². The average Bonchev–Trinajstić information content (AvgIpc) is 2.97. The molecular weight excluding hydrogens is 372 g/mol. The number of amides is 3. The minimum Gasteiger partial charge on any atom is -0.491 e. The number of benzene rings is 2. The first-order valence-electron chi connectivity index (χ1n) is 9.58. The molecule has 3 amide bonds. The van der Waals surface area contributed by atoms with Crippen LogP contribution in [-0.4, -0.2) is 49.5 Å². The van der Waals surface area contributed by atoms with Gasteiger partial charge >= 0.3 is 0 Å². The summed E-state index contributed by atoms with van der Waals surface area (Å²) < 4.78 is 10.4. The van der Waals surface area contributed by atoms with Gasteiger partial charge in [0.25, 0.3) is 17.7 Å². The van der Waals surface area contributed by atoms with Gasteiger partial charge < -0.3 is 14.8 Å². The molecule has 0 saturated heterocycles. The highest BCUT2D eigenvalue weighted by Crippen LogP contribution is 2.25. The summed E-state index contributed by atoms with van der Waals surface area (Å²) in [5.41, 5.74) is 1.55. The molecule has 1 aliphatic rings. The zero-order valence-electron chi connectivity index (χ0n) is 16.6. The lowest BCUT2D eigenvalue weighted by molar-refractivity contribution is 0.0652. The molecule has 1 heterocycles. The van der Waals surface area contributed by atoms with E-state index in [1.54, 1.807) is 43.5 Å². The number of nitrogens with one attached hydrogen (secondary N) is 1. The van der Waals surface area contributed by atoms with E-state index in [1.807, 2.05) is 6.92 Å². The summed E-state index contributed by atoms with van der Waals surface area (Å²) in [6, 6.07) is 11.6. The first kappa shape index (κ1) is 20.5. The van der Waals surface area contributed by atoms with Crippen LogP contribution in [0.15, 0.2) is 42.5 Å². The fourth-order valence-electron chi connectivity index (χ4n) is 3.03. The van der Waals surface area contributed by atoms with Crippen LogP contribution in [0, 0.1) is 0 Å². The maximum Gasteiger partial charge on any atom is 0.261 e. The quantitative estimate of drug-likeness (QED) is 0.519. The SMILES string of the molecule is CCCCN1C(=O)c2ccc(C(=O)Nc3ccc(OCCOC)cc3)cc2C1=O. The molecule has 0 spiro atoms. The lowest BCUT2D eigenvalue weighted by atomic mass is 10.1. The Balaban J connectivity index is 1.68. The van der Waals surface area contributed by atoms with E-state index in [4.69, 9.17) is 9.47 Å². The normalized spacial score (nSPS) is 12.8. The maximum atomic E-state index is 12.6. The summed E-state index contributed by atoms with van der Waals surface area (Å²) in [4.78, 5) is 38.8. The zero-order valence-corrected chi connectivity index (χ0v) is 16.6. The summed E-state index contributed by atoms with van der Waals surface area (Å²) in [7, 11) is 1.60. The van der Waals surface area contributed by atoms with Gasteiger partial charge in [-0.05, 0) is 48.9 Å². The Hall–Kier alpha value is -3.19. The van der Waals surface area contributed by atoms with Gasteiger partial charge in [-0.15, -0.1) is 0 Å². The smallest absolute Gasteiger partial charge is 0.261 e. The standard InChI is InChI=1S/C22H24N2O5/c1-3-4-11-24-21(26)18-10-5-15(14-19(18)22(24)27)20(25)23-16-6-8-17(9-7-16)29-13-12-28-2/h5-10,14H,3-4,11-13H2,1-2H3,(H,23,25). The van der Waals surface area contributed by atoms with Crippen LogP contribution < -0.4 is 10.1 Å². The molecule has 0 atom stereocenters. The molecule has 0 saturated carbocycles. The third-order valence-electron chi connectivity index (χ3n) is 4.64. The third kappa shape index (κ3) is 4.63. The zero-order chi connectivity index (χ0) is 20.8. The van der Waals surface area contributed by atoms with E-state index in [9.17, 15) is 14.4 Å². The average molecular weight is 396 g/mol. The van der Waals surface area contributed by atoms with Crippen molar-refractivity contribution in [2.75, 3.05) is 32.2 Å². The number of hydrogen-bond acceptors (Lipinski definition) is 5. The van der Waals surface area contributed by atoms with Crippen molar-refractivity contribution in [2.45, 2.75) is 19.8 Å². The Labute approximate surface area is 169 Å². The number of imide groups is 1. The molecular formula is C22H24N2O5. The lowest BCUT2D eigenvalue weighted by Crippen LogP contribution is -2.30. The Morgan fingerprint density at radius 3 is 2.41 bits per heavy atom. The second kappa shape index (κ2) is 9.34. The van der Waals surface area contributed by atoms with Gasteiger partial charge in [-0.3, -0.25) is 19.3 Å². The van der Waals surface area contributed by atoms with Gasteiger partial charge in [-0.1, -0.05) is 13.3 Å². The van der Waals surface area contributed by atoms with Crippen LogP contribution in [0.2, 0.25) is 0 Å². The predicted octanol–water partition coefficient (Wildman–Crippen LogP) is 3.36. The number of nitrogens with zero attached hydrogens (tertiary/aromatic N) is 1. The highest BCUT2D eigenvalue weighted by molar-refractivity contribution is 6.22. The molecule has 0 radical (unpaired) electrons. The number of methoxy groups -OCH3 is 1. The van der Waals surface area contributed by atoms with E-state index in [0.717, 1.165) is 12.8 Å². The lowest BCUT2D eigenvalue weighted by Gasteiger charge is -2.12. The minimum absolute atomic E-state index is 0.278. The van der Waals surface area contributed by atoms with E-state index in [1.165, 1.54) is 11.0 Å². The molecule has 29 heavy (non-hydrogen) atoms. The number of ether oxygens (including phenoxy) is 2. The van der Waals surface area contributed by atoms with Gasteiger partial charge in [-0.25, -0.2) is 0 Å². The number of hydrogen-bond donors (Lipinski definition) is 1. The summed E-state index contributed by atoms with van der Waals surface area (Å²) in [5, 5.41) is 2.79. The summed E-state index contributed by atoms with van der Waals surface area (Å²) in [6.45, 7) is 3.33. The van der Waals surface area contributed by atoms with Gasteiger partial charge in [0.15, 0.2) is 0 Å². The van der Waals surface area contributed by atoms with E-state index >= 15 is 0 Å². The Morgan fingerprint density at radius 1 is 1.00 bits per heavy atom. The van der Waals surface area contributed by atoms with E-state index in [2.05, 4.69) is 5.32 Å². The Morgan fingerprint density at radius 2 is 1.72 bits per heavy atom. The number of fused-ring (bicyclic) bond motifs is 1. The first-order valence-corrected chi connectivity index (χ1v) is 9.58. The van der Waals surface area contributed by atoms with Crippen LogP contribution in [0.4, 0.5) is 5.69 Å². The van der Waals surface area contributed by atoms with Crippen molar-refractivity contribution in [3.63, 3.8) is 0 Å². The van der Waals surface area contributed by atoms with Gasteiger partial charge in [0, 0.05) is 24.9 Å². The third-order valence-corrected chi connectivity index (χ3v) is 4.64. The molecule has 1 aliphatic heterocycles. The highest BCUT2D eigenvalue weighted by atomic mass is 16.5. The molecule has 0 fully saturated rings. The molecule has 0 aliphatic carbocycles. The number of carbonyl (C=O) groups is 3. The van der Waals surface area contributed by atoms with Crippen LogP contribution >= 0.6 is 0 Å². The number of rotatable bonds is 9. The van der Waals surface area contributed by atoms with Crippen LogP contribution in [-0.2, 0) is 4.74 Å². The topological polar surface area (TPSA) is 84.9 Å². The van der Waals surface area contributed by atoms with E-state index in [-0.39, 0.29) is 23.3 Å². The Kier molecular flexibility index (Phi) is 6.61. The molecule has 3 rings (SSSR count).